The molecule has 2 aromatic rings. The molecule has 9 heteroatoms. The molecule has 0 aliphatic carbocycles. The van der Waals surface area contributed by atoms with Gasteiger partial charge in [0.2, 0.25) is 0 Å². The first-order valence-corrected chi connectivity index (χ1v) is 8.93. The number of pyridine rings is 1. The van der Waals surface area contributed by atoms with E-state index in [2.05, 4.69) is 20.4 Å². The maximum absolute atomic E-state index is 12.2. The molecule has 0 atom stereocenters. The first-order chi connectivity index (χ1) is 14.0. The topological polar surface area (TPSA) is 127 Å². The van der Waals surface area contributed by atoms with Gasteiger partial charge in [-0.3, -0.25) is 14.6 Å². The van der Waals surface area contributed by atoms with Crippen LogP contribution in [0.3, 0.4) is 0 Å². The highest BCUT2D eigenvalue weighted by molar-refractivity contribution is 5.95. The van der Waals surface area contributed by atoms with Crippen LogP contribution in [0.1, 0.15) is 36.8 Å². The fourth-order valence-corrected chi connectivity index (χ4v) is 2.32. The van der Waals surface area contributed by atoms with E-state index in [9.17, 15) is 14.4 Å². The van der Waals surface area contributed by atoms with E-state index in [1.807, 2.05) is 0 Å². The van der Waals surface area contributed by atoms with E-state index in [1.54, 1.807) is 24.3 Å². The Morgan fingerprint density at radius 2 is 1.69 bits per heavy atom. The molecule has 1 aromatic carbocycles. The highest BCUT2D eigenvalue weighted by Gasteiger charge is 2.11. The number of ether oxygens (including phenoxy) is 2. The van der Waals surface area contributed by atoms with E-state index in [0.29, 0.717) is 18.7 Å². The van der Waals surface area contributed by atoms with Gasteiger partial charge in [0, 0.05) is 24.8 Å². The molecule has 1 aromatic heterocycles. The van der Waals surface area contributed by atoms with Gasteiger partial charge in [-0.2, -0.15) is 0 Å². The normalized spacial score (nSPS) is 10.3. The Morgan fingerprint density at radius 1 is 0.966 bits per heavy atom. The number of aliphatic hydroxyl groups excluding tert-OH is 1. The molecule has 2 amide bonds. The van der Waals surface area contributed by atoms with Gasteiger partial charge in [-0.1, -0.05) is 12.1 Å². The van der Waals surface area contributed by atoms with Crippen molar-refractivity contribution in [1.29, 1.82) is 0 Å². The molecular weight excluding hydrogens is 378 g/mol. The summed E-state index contributed by atoms with van der Waals surface area (Å²) in [5.41, 5.74) is 1.74. The minimum atomic E-state index is -0.522. The SMILES string of the molecule is COC(=O)c1ccc(C(=O)NCc2ccc(C(=O)NCCOCCO)cc2)nc1. The Kier molecular flexibility index (Phi) is 8.74. The molecule has 2 rings (SSSR count). The average Bonchev–Trinajstić information content (AvgIpc) is 2.77. The Hall–Kier alpha value is -3.30. The van der Waals surface area contributed by atoms with Crippen LogP contribution in [0.5, 0.6) is 0 Å². The lowest BCUT2D eigenvalue weighted by atomic mass is 10.1. The van der Waals surface area contributed by atoms with Gasteiger partial charge in [0.15, 0.2) is 0 Å². The number of rotatable bonds is 10. The third kappa shape index (κ3) is 6.98. The second-order valence-electron chi connectivity index (χ2n) is 5.90. The third-order valence-corrected chi connectivity index (χ3v) is 3.85. The summed E-state index contributed by atoms with van der Waals surface area (Å²) in [6, 6.07) is 9.72. The Balaban J connectivity index is 1.81. The maximum Gasteiger partial charge on any atom is 0.339 e. The molecule has 0 fully saturated rings. The van der Waals surface area contributed by atoms with Crippen molar-refractivity contribution in [2.75, 3.05) is 33.5 Å². The van der Waals surface area contributed by atoms with Crippen LogP contribution in [0.4, 0.5) is 0 Å². The first-order valence-electron chi connectivity index (χ1n) is 8.93. The molecule has 1 heterocycles. The fourth-order valence-electron chi connectivity index (χ4n) is 2.32. The fraction of sp³-hybridized carbons (Fsp3) is 0.300. The van der Waals surface area contributed by atoms with Crippen LogP contribution >= 0.6 is 0 Å². The van der Waals surface area contributed by atoms with Gasteiger partial charge in [0.1, 0.15) is 5.69 Å². The summed E-state index contributed by atoms with van der Waals surface area (Å²) >= 11 is 0. The average molecular weight is 401 g/mol. The van der Waals surface area contributed by atoms with Crippen LogP contribution in [0.15, 0.2) is 42.6 Å². The van der Waals surface area contributed by atoms with E-state index in [1.165, 1.54) is 25.4 Å². The van der Waals surface area contributed by atoms with Crippen molar-refractivity contribution in [2.24, 2.45) is 0 Å². The van der Waals surface area contributed by atoms with Crippen LogP contribution in [-0.4, -0.2) is 61.3 Å². The molecule has 29 heavy (non-hydrogen) atoms. The quantitative estimate of drug-likeness (QED) is 0.392. The van der Waals surface area contributed by atoms with Gasteiger partial charge in [0.25, 0.3) is 11.8 Å². The van der Waals surface area contributed by atoms with Crippen LogP contribution in [0.2, 0.25) is 0 Å². The van der Waals surface area contributed by atoms with Crippen LogP contribution in [0, 0.1) is 0 Å². The maximum atomic E-state index is 12.2. The monoisotopic (exact) mass is 401 g/mol. The van der Waals surface area contributed by atoms with E-state index in [0.717, 1.165) is 5.56 Å². The van der Waals surface area contributed by atoms with Gasteiger partial charge < -0.3 is 25.2 Å². The number of nitrogens with one attached hydrogen (secondary N) is 2. The van der Waals surface area contributed by atoms with Crippen molar-refractivity contribution in [3.63, 3.8) is 0 Å². The minimum Gasteiger partial charge on any atom is -0.465 e. The predicted molar refractivity (Wildman–Crippen MR) is 103 cm³/mol. The molecule has 0 spiro atoms. The smallest absolute Gasteiger partial charge is 0.339 e. The third-order valence-electron chi connectivity index (χ3n) is 3.85. The van der Waals surface area contributed by atoms with Gasteiger partial charge in [0.05, 0.1) is 32.5 Å². The summed E-state index contributed by atoms with van der Waals surface area (Å²) in [4.78, 5) is 39.5. The number of carbonyl (C=O) groups is 3. The Bertz CT molecular complexity index is 821. The lowest BCUT2D eigenvalue weighted by Gasteiger charge is -2.08. The lowest BCUT2D eigenvalue weighted by Crippen LogP contribution is -2.27. The molecule has 0 aliphatic heterocycles. The van der Waals surface area contributed by atoms with E-state index in [4.69, 9.17) is 9.84 Å². The summed E-state index contributed by atoms with van der Waals surface area (Å²) in [5, 5.41) is 14.0. The molecule has 0 saturated carbocycles. The Labute approximate surface area is 168 Å². The van der Waals surface area contributed by atoms with Gasteiger partial charge >= 0.3 is 5.97 Å². The van der Waals surface area contributed by atoms with E-state index in [-0.39, 0.29) is 42.8 Å². The number of aromatic nitrogens is 1. The second-order valence-corrected chi connectivity index (χ2v) is 5.90. The molecule has 0 radical (unpaired) electrons. The van der Waals surface area contributed by atoms with E-state index < -0.39 is 5.97 Å². The summed E-state index contributed by atoms with van der Waals surface area (Å²) in [7, 11) is 1.27. The second kappa shape index (κ2) is 11.5. The number of carbonyl (C=O) groups excluding carboxylic acids is 3. The largest absolute Gasteiger partial charge is 0.465 e. The molecule has 0 unspecified atom stereocenters. The minimum absolute atomic E-state index is 0.0548. The molecular formula is C20H23N3O6. The summed E-state index contributed by atoms with van der Waals surface area (Å²) in [5.74, 6) is -1.14. The van der Waals surface area contributed by atoms with Crippen LogP contribution < -0.4 is 10.6 Å². The van der Waals surface area contributed by atoms with Crippen molar-refractivity contribution < 1.29 is 29.0 Å². The van der Waals surface area contributed by atoms with Crippen molar-refractivity contribution in [1.82, 2.24) is 15.6 Å². The molecule has 0 bridgehead atoms. The number of methoxy groups -OCH3 is 1. The molecule has 3 N–H and O–H groups in total. The van der Waals surface area contributed by atoms with Crippen molar-refractivity contribution in [3.8, 4) is 0 Å². The zero-order chi connectivity index (χ0) is 21.1. The highest BCUT2D eigenvalue weighted by atomic mass is 16.5. The van der Waals surface area contributed by atoms with Gasteiger partial charge in [-0.15, -0.1) is 0 Å². The molecule has 154 valence electrons. The van der Waals surface area contributed by atoms with Gasteiger partial charge in [-0.25, -0.2) is 4.79 Å². The van der Waals surface area contributed by atoms with Crippen LogP contribution in [-0.2, 0) is 16.0 Å². The number of hydrogen-bond donors (Lipinski definition) is 3. The molecule has 0 aliphatic rings. The first kappa shape index (κ1) is 22.0. The lowest BCUT2D eigenvalue weighted by molar-refractivity contribution is 0.0599. The zero-order valence-electron chi connectivity index (χ0n) is 16.0. The van der Waals surface area contributed by atoms with Crippen molar-refractivity contribution in [3.05, 3.63) is 65.0 Å². The molecule has 9 nitrogen and oxygen atoms in total. The number of aliphatic hydroxyl groups is 1. The van der Waals surface area contributed by atoms with Crippen molar-refractivity contribution in [2.45, 2.75) is 6.54 Å². The number of hydrogen-bond acceptors (Lipinski definition) is 7. The van der Waals surface area contributed by atoms with E-state index >= 15 is 0 Å². The number of benzene rings is 1. The Morgan fingerprint density at radius 3 is 2.31 bits per heavy atom. The van der Waals surface area contributed by atoms with Gasteiger partial charge in [-0.05, 0) is 29.8 Å². The standard InChI is InChI=1S/C20H23N3O6/c1-28-20(27)16-6-7-17(22-13-16)19(26)23-12-14-2-4-15(5-3-14)18(25)21-8-10-29-11-9-24/h2-7,13,24H,8-12H2,1H3,(H,21,25)(H,23,26). The number of nitrogens with zero attached hydrogens (tertiary/aromatic N) is 1. The number of amides is 2. The zero-order valence-corrected chi connectivity index (χ0v) is 16.0. The predicted octanol–water partition coefficient (Wildman–Crippen LogP) is 0.537. The summed E-state index contributed by atoms with van der Waals surface area (Å²) in [6.07, 6.45) is 1.28. The molecule has 0 saturated heterocycles. The summed E-state index contributed by atoms with van der Waals surface area (Å²) in [6.45, 7) is 1.11. The highest BCUT2D eigenvalue weighted by Crippen LogP contribution is 2.06. The number of esters is 1. The van der Waals surface area contributed by atoms with Crippen LogP contribution in [0.25, 0.3) is 0 Å². The summed E-state index contributed by atoms with van der Waals surface area (Å²) < 4.78 is 9.65. The van der Waals surface area contributed by atoms with Crippen molar-refractivity contribution >= 4 is 17.8 Å².